The van der Waals surface area contributed by atoms with E-state index in [1.54, 1.807) is 12.1 Å². The fourth-order valence-electron chi connectivity index (χ4n) is 2.00. The topological polar surface area (TPSA) is 32.3 Å². The van der Waals surface area contributed by atoms with Gasteiger partial charge in [-0.1, -0.05) is 25.5 Å². The van der Waals surface area contributed by atoms with Gasteiger partial charge in [-0.25, -0.2) is 4.39 Å². The van der Waals surface area contributed by atoms with E-state index in [2.05, 4.69) is 19.2 Å². The summed E-state index contributed by atoms with van der Waals surface area (Å²) >= 11 is 0. The highest BCUT2D eigenvalue weighted by atomic mass is 19.1. The van der Waals surface area contributed by atoms with Gasteiger partial charge in [0.2, 0.25) is 0 Å². The summed E-state index contributed by atoms with van der Waals surface area (Å²) in [5.74, 6) is -0.277. The molecular formula is C14H22FNO. The zero-order valence-corrected chi connectivity index (χ0v) is 10.8. The summed E-state index contributed by atoms with van der Waals surface area (Å²) in [7, 11) is 0. The normalized spacial score (nSPS) is 16.5. The second-order valence-corrected chi connectivity index (χ2v) is 4.64. The van der Waals surface area contributed by atoms with E-state index in [1.165, 1.54) is 12.1 Å². The van der Waals surface area contributed by atoms with Gasteiger partial charge < -0.3 is 10.4 Å². The quantitative estimate of drug-likeness (QED) is 0.799. The predicted molar refractivity (Wildman–Crippen MR) is 68.3 cm³/mol. The first-order valence-electron chi connectivity index (χ1n) is 6.24. The molecule has 0 aliphatic rings. The Kier molecular flexibility index (Phi) is 5.59. The van der Waals surface area contributed by atoms with Crippen LogP contribution in [0.5, 0.6) is 0 Å². The van der Waals surface area contributed by atoms with Gasteiger partial charge in [-0.05, 0) is 38.0 Å². The minimum Gasteiger partial charge on any atom is -0.387 e. The van der Waals surface area contributed by atoms with Crippen LogP contribution in [0.1, 0.15) is 45.3 Å². The maximum Gasteiger partial charge on any atom is 0.123 e. The van der Waals surface area contributed by atoms with Crippen LogP contribution in [0, 0.1) is 5.82 Å². The first-order chi connectivity index (χ1) is 8.04. The molecule has 2 nitrogen and oxygen atoms in total. The van der Waals surface area contributed by atoms with Crippen molar-refractivity contribution < 1.29 is 9.50 Å². The van der Waals surface area contributed by atoms with Gasteiger partial charge in [0, 0.05) is 12.1 Å². The molecule has 0 heterocycles. The molecule has 0 bridgehead atoms. The summed E-state index contributed by atoms with van der Waals surface area (Å²) in [6.45, 7) is 6.19. The van der Waals surface area contributed by atoms with Gasteiger partial charge in [0.1, 0.15) is 5.82 Å². The molecule has 0 amide bonds. The van der Waals surface area contributed by atoms with Crippen molar-refractivity contribution in [1.29, 1.82) is 0 Å². The monoisotopic (exact) mass is 239 g/mol. The molecule has 3 atom stereocenters. The Hall–Kier alpha value is -0.930. The molecule has 17 heavy (non-hydrogen) atoms. The van der Waals surface area contributed by atoms with Crippen LogP contribution in [-0.4, -0.2) is 17.2 Å². The summed E-state index contributed by atoms with van der Waals surface area (Å²) in [6.07, 6.45) is 1.60. The molecule has 1 aromatic rings. The average Bonchev–Trinajstić information content (AvgIpc) is 2.29. The number of aliphatic hydroxyl groups excluding tert-OH is 1. The first-order valence-corrected chi connectivity index (χ1v) is 6.24. The maximum absolute atomic E-state index is 12.8. The second kappa shape index (κ2) is 6.72. The third-order valence-corrected chi connectivity index (χ3v) is 2.95. The van der Waals surface area contributed by atoms with Crippen LogP contribution < -0.4 is 5.32 Å². The van der Waals surface area contributed by atoms with Gasteiger partial charge in [-0.15, -0.1) is 0 Å². The summed E-state index contributed by atoms with van der Waals surface area (Å²) in [4.78, 5) is 0. The first kappa shape index (κ1) is 14.1. The van der Waals surface area contributed by atoms with Crippen LogP contribution in [0.4, 0.5) is 4.39 Å². The Morgan fingerprint density at radius 2 is 1.82 bits per heavy atom. The van der Waals surface area contributed by atoms with E-state index in [9.17, 15) is 9.50 Å². The van der Waals surface area contributed by atoms with Crippen molar-refractivity contribution in [1.82, 2.24) is 5.32 Å². The predicted octanol–water partition coefficient (Wildman–Crippen LogP) is 3.03. The third-order valence-electron chi connectivity index (χ3n) is 2.95. The number of rotatable bonds is 6. The maximum atomic E-state index is 12.8. The van der Waals surface area contributed by atoms with Crippen molar-refractivity contribution >= 4 is 0 Å². The third kappa shape index (κ3) is 4.44. The molecule has 0 fully saturated rings. The lowest BCUT2D eigenvalue weighted by atomic mass is 10.0. The summed E-state index contributed by atoms with van der Waals surface area (Å²) < 4.78 is 12.8. The van der Waals surface area contributed by atoms with E-state index in [0.717, 1.165) is 18.4 Å². The lowest BCUT2D eigenvalue weighted by Gasteiger charge is -2.24. The highest BCUT2D eigenvalue weighted by Crippen LogP contribution is 2.17. The Morgan fingerprint density at radius 1 is 1.24 bits per heavy atom. The van der Waals surface area contributed by atoms with Crippen molar-refractivity contribution in [2.75, 3.05) is 0 Å². The highest BCUT2D eigenvalue weighted by molar-refractivity contribution is 5.19. The van der Waals surface area contributed by atoms with Gasteiger partial charge >= 0.3 is 0 Å². The van der Waals surface area contributed by atoms with E-state index >= 15 is 0 Å². The lowest BCUT2D eigenvalue weighted by Crippen LogP contribution is -2.38. The zero-order valence-electron chi connectivity index (χ0n) is 10.8. The molecule has 1 aromatic carbocycles. The second-order valence-electron chi connectivity index (χ2n) is 4.64. The molecule has 96 valence electrons. The van der Waals surface area contributed by atoms with Gasteiger partial charge in [0.25, 0.3) is 0 Å². The average molecular weight is 239 g/mol. The number of aliphatic hydroxyl groups is 1. The van der Waals surface area contributed by atoms with Crippen molar-refractivity contribution in [2.45, 2.75) is 51.8 Å². The lowest BCUT2D eigenvalue weighted by molar-refractivity contribution is 0.129. The van der Waals surface area contributed by atoms with E-state index in [4.69, 9.17) is 0 Å². The molecule has 0 spiro atoms. The molecule has 2 N–H and O–H groups in total. The van der Waals surface area contributed by atoms with E-state index in [-0.39, 0.29) is 11.9 Å². The number of benzene rings is 1. The minimum atomic E-state index is -0.602. The Morgan fingerprint density at radius 3 is 2.35 bits per heavy atom. The molecule has 0 aliphatic carbocycles. The summed E-state index contributed by atoms with van der Waals surface area (Å²) in [6, 6.07) is 6.35. The van der Waals surface area contributed by atoms with E-state index < -0.39 is 6.10 Å². The standard InChI is InChI=1S/C14H22FNO/c1-4-5-10(2)16-11(3)14(17)12-6-8-13(15)9-7-12/h6-11,14,16-17H,4-5H2,1-3H3. The molecule has 0 aliphatic heterocycles. The molecule has 3 heteroatoms. The Bertz CT molecular complexity index is 325. The fraction of sp³-hybridized carbons (Fsp3) is 0.571. The molecular weight excluding hydrogens is 217 g/mol. The van der Waals surface area contributed by atoms with Crippen molar-refractivity contribution in [3.8, 4) is 0 Å². The van der Waals surface area contributed by atoms with Crippen molar-refractivity contribution in [2.24, 2.45) is 0 Å². The SMILES string of the molecule is CCCC(C)NC(C)C(O)c1ccc(F)cc1. The van der Waals surface area contributed by atoms with Gasteiger partial charge in [0.05, 0.1) is 6.10 Å². The van der Waals surface area contributed by atoms with Crippen LogP contribution in [0.15, 0.2) is 24.3 Å². The minimum absolute atomic E-state index is 0.0398. The van der Waals surface area contributed by atoms with Crippen LogP contribution >= 0.6 is 0 Å². The summed E-state index contributed by atoms with van der Waals surface area (Å²) in [5, 5.41) is 13.5. The van der Waals surface area contributed by atoms with Crippen LogP contribution in [0.3, 0.4) is 0 Å². The number of hydrogen-bond donors (Lipinski definition) is 2. The smallest absolute Gasteiger partial charge is 0.123 e. The van der Waals surface area contributed by atoms with Gasteiger partial charge in [0.15, 0.2) is 0 Å². The van der Waals surface area contributed by atoms with Crippen LogP contribution in [-0.2, 0) is 0 Å². The zero-order chi connectivity index (χ0) is 12.8. The van der Waals surface area contributed by atoms with E-state index in [0.29, 0.717) is 6.04 Å². The number of halogens is 1. The number of hydrogen-bond acceptors (Lipinski definition) is 2. The summed E-state index contributed by atoms with van der Waals surface area (Å²) in [5.41, 5.74) is 0.745. The Balaban J connectivity index is 2.56. The molecule has 0 aromatic heterocycles. The molecule has 0 saturated carbocycles. The van der Waals surface area contributed by atoms with E-state index in [1.807, 2.05) is 6.92 Å². The fourth-order valence-corrected chi connectivity index (χ4v) is 2.00. The van der Waals surface area contributed by atoms with Crippen LogP contribution in [0.2, 0.25) is 0 Å². The highest BCUT2D eigenvalue weighted by Gasteiger charge is 2.17. The van der Waals surface area contributed by atoms with Gasteiger partial charge in [-0.2, -0.15) is 0 Å². The molecule has 1 rings (SSSR count). The molecule has 0 saturated heterocycles. The largest absolute Gasteiger partial charge is 0.387 e. The molecule has 3 unspecified atom stereocenters. The Labute approximate surface area is 103 Å². The molecule has 0 radical (unpaired) electrons. The van der Waals surface area contributed by atoms with Crippen LogP contribution in [0.25, 0.3) is 0 Å². The van der Waals surface area contributed by atoms with Gasteiger partial charge in [-0.3, -0.25) is 0 Å². The number of nitrogens with one attached hydrogen (secondary N) is 1. The van der Waals surface area contributed by atoms with Crippen molar-refractivity contribution in [3.63, 3.8) is 0 Å². The van der Waals surface area contributed by atoms with Crippen molar-refractivity contribution in [3.05, 3.63) is 35.6 Å².